The van der Waals surface area contributed by atoms with Crippen molar-refractivity contribution in [3.8, 4) is 11.5 Å². The summed E-state index contributed by atoms with van der Waals surface area (Å²) in [5.41, 5.74) is -4.02. The van der Waals surface area contributed by atoms with Gasteiger partial charge in [0.2, 0.25) is 5.91 Å². The van der Waals surface area contributed by atoms with Crippen LogP contribution in [0.1, 0.15) is 35.3 Å². The lowest BCUT2D eigenvalue weighted by atomic mass is 9.87. The first-order valence-electron chi connectivity index (χ1n) is 11.7. The summed E-state index contributed by atoms with van der Waals surface area (Å²) in [7, 11) is 0. The Labute approximate surface area is 215 Å². The zero-order valence-corrected chi connectivity index (χ0v) is 19.7. The van der Waals surface area contributed by atoms with E-state index in [1.807, 2.05) is 0 Å². The van der Waals surface area contributed by atoms with Crippen LogP contribution < -0.4 is 21.3 Å². The van der Waals surface area contributed by atoms with Crippen molar-refractivity contribution in [3.05, 3.63) is 92.3 Å². The molecule has 39 heavy (non-hydrogen) atoms. The van der Waals surface area contributed by atoms with Gasteiger partial charge in [-0.1, -0.05) is 36.4 Å². The average Bonchev–Trinajstić information content (AvgIpc) is 3.24. The highest BCUT2D eigenvalue weighted by Crippen LogP contribution is 2.44. The molecule has 0 spiro atoms. The van der Waals surface area contributed by atoms with Crippen LogP contribution in [0.2, 0.25) is 0 Å². The molecular formula is C25H20F5N3O6. The molecule has 2 aliphatic rings. The van der Waals surface area contributed by atoms with E-state index in [1.54, 1.807) is 48.5 Å². The van der Waals surface area contributed by atoms with Gasteiger partial charge in [-0.25, -0.2) is 4.79 Å². The number of rotatable bonds is 5. The van der Waals surface area contributed by atoms with E-state index in [9.17, 15) is 41.4 Å². The van der Waals surface area contributed by atoms with E-state index in [4.69, 9.17) is 9.47 Å². The van der Waals surface area contributed by atoms with Gasteiger partial charge in [-0.3, -0.25) is 19.1 Å². The highest BCUT2D eigenvalue weighted by Gasteiger charge is 2.60. The maximum Gasteiger partial charge on any atom is 0.458 e. The number of para-hydroxylation sites is 2. The first kappa shape index (κ1) is 26.6. The standard InChI is InChI=1S/C25H20F5N3O6/c26-24(27,25(28,29)30)14-11-33(23(37)32-21(14)35)19-9-15(34)18(39-19)10-31-22(36)20-12-5-1-3-7-16(12)38-17-8-4-2-6-13(17)20/h1-8,11,15,18-20,34H,9-10H2,(H,31,36)(H,32,35,37)/t15-,18+,19+/m0/s1. The second-order valence-electron chi connectivity index (χ2n) is 9.07. The van der Waals surface area contributed by atoms with E-state index in [0.29, 0.717) is 27.2 Å². The third-order valence-corrected chi connectivity index (χ3v) is 6.60. The van der Waals surface area contributed by atoms with Gasteiger partial charge >= 0.3 is 17.8 Å². The van der Waals surface area contributed by atoms with Gasteiger partial charge in [0.25, 0.3) is 5.56 Å². The average molecular weight is 553 g/mol. The van der Waals surface area contributed by atoms with Crippen molar-refractivity contribution < 1.29 is 41.3 Å². The Morgan fingerprint density at radius 2 is 1.62 bits per heavy atom. The molecule has 0 saturated carbocycles. The predicted octanol–water partition coefficient (Wildman–Crippen LogP) is 2.89. The van der Waals surface area contributed by atoms with Gasteiger partial charge in [-0.15, -0.1) is 0 Å². The third kappa shape index (κ3) is 4.69. The predicted molar refractivity (Wildman–Crippen MR) is 124 cm³/mol. The molecule has 1 amide bonds. The number of aromatic amines is 1. The van der Waals surface area contributed by atoms with Crippen LogP contribution >= 0.6 is 0 Å². The molecule has 0 radical (unpaired) electrons. The maximum atomic E-state index is 13.9. The number of ether oxygens (including phenoxy) is 2. The molecule has 3 heterocycles. The van der Waals surface area contributed by atoms with E-state index in [2.05, 4.69) is 5.32 Å². The molecule has 206 valence electrons. The van der Waals surface area contributed by atoms with Crippen molar-refractivity contribution >= 4 is 5.91 Å². The topological polar surface area (TPSA) is 123 Å². The van der Waals surface area contributed by atoms with Crippen molar-refractivity contribution in [3.63, 3.8) is 0 Å². The first-order valence-corrected chi connectivity index (χ1v) is 11.7. The zero-order valence-electron chi connectivity index (χ0n) is 19.7. The quantitative estimate of drug-likeness (QED) is 0.418. The number of carbonyl (C=O) groups is 1. The molecule has 5 rings (SSSR count). The van der Waals surface area contributed by atoms with Gasteiger partial charge in [0, 0.05) is 30.3 Å². The Kier molecular flexibility index (Phi) is 6.55. The Morgan fingerprint density at radius 3 is 2.21 bits per heavy atom. The van der Waals surface area contributed by atoms with Gasteiger partial charge < -0.3 is 19.9 Å². The monoisotopic (exact) mass is 553 g/mol. The lowest BCUT2D eigenvalue weighted by molar-refractivity contribution is -0.290. The number of amides is 1. The van der Waals surface area contributed by atoms with Gasteiger partial charge in [0.05, 0.1) is 12.0 Å². The molecule has 1 saturated heterocycles. The van der Waals surface area contributed by atoms with E-state index >= 15 is 0 Å². The molecule has 2 aliphatic heterocycles. The summed E-state index contributed by atoms with van der Waals surface area (Å²) in [6.45, 7) is -0.276. The Bertz CT molecular complexity index is 1490. The second-order valence-corrected chi connectivity index (χ2v) is 9.07. The van der Waals surface area contributed by atoms with Crippen LogP contribution in [0, 0.1) is 0 Å². The van der Waals surface area contributed by atoms with Crippen LogP contribution in [-0.4, -0.2) is 45.5 Å². The summed E-state index contributed by atoms with van der Waals surface area (Å²) >= 11 is 0. The van der Waals surface area contributed by atoms with Gasteiger partial charge in [0.15, 0.2) is 0 Å². The van der Waals surface area contributed by atoms with Gasteiger partial charge in [-0.05, 0) is 12.1 Å². The molecule has 3 aromatic rings. The Balaban J connectivity index is 1.34. The largest absolute Gasteiger partial charge is 0.458 e. The van der Waals surface area contributed by atoms with E-state index in [-0.39, 0.29) is 19.2 Å². The highest BCUT2D eigenvalue weighted by atomic mass is 19.4. The lowest BCUT2D eigenvalue weighted by Crippen LogP contribution is -2.43. The van der Waals surface area contributed by atoms with Crippen molar-refractivity contribution in [2.75, 3.05) is 6.54 Å². The number of fused-ring (bicyclic) bond motifs is 2. The number of benzene rings is 2. The summed E-state index contributed by atoms with van der Waals surface area (Å²) in [6.07, 6.45) is -10.4. The molecule has 3 N–H and O–H groups in total. The summed E-state index contributed by atoms with van der Waals surface area (Å²) in [5, 5.41) is 13.1. The fourth-order valence-electron chi connectivity index (χ4n) is 4.64. The number of nitrogens with one attached hydrogen (secondary N) is 2. The molecule has 3 atom stereocenters. The van der Waals surface area contributed by atoms with Crippen molar-refractivity contribution in [2.24, 2.45) is 0 Å². The normalized spacial score (nSPS) is 21.1. The summed E-state index contributed by atoms with van der Waals surface area (Å²) in [5.74, 6) is -5.81. The number of hydrogen-bond acceptors (Lipinski definition) is 6. The van der Waals surface area contributed by atoms with Crippen molar-refractivity contribution in [1.29, 1.82) is 0 Å². The van der Waals surface area contributed by atoms with E-state index in [0.717, 1.165) is 0 Å². The van der Waals surface area contributed by atoms with Crippen molar-refractivity contribution in [1.82, 2.24) is 14.9 Å². The van der Waals surface area contributed by atoms with Gasteiger partial charge in [0.1, 0.15) is 29.4 Å². The Hall–Kier alpha value is -4.04. The molecule has 0 bridgehead atoms. The van der Waals surface area contributed by atoms with Crippen LogP contribution in [0.4, 0.5) is 22.0 Å². The third-order valence-electron chi connectivity index (χ3n) is 6.60. The number of hydrogen-bond donors (Lipinski definition) is 3. The number of alkyl halides is 5. The molecule has 1 aromatic heterocycles. The molecular weight excluding hydrogens is 533 g/mol. The molecule has 1 fully saturated rings. The smallest absolute Gasteiger partial charge is 0.457 e. The van der Waals surface area contributed by atoms with E-state index < -0.39 is 59.2 Å². The van der Waals surface area contributed by atoms with Crippen LogP contribution in [0.3, 0.4) is 0 Å². The number of aliphatic hydroxyl groups excluding tert-OH is 1. The molecule has 0 aliphatic carbocycles. The molecule has 9 nitrogen and oxygen atoms in total. The minimum Gasteiger partial charge on any atom is -0.457 e. The number of aromatic nitrogens is 2. The summed E-state index contributed by atoms with van der Waals surface area (Å²) < 4.78 is 78.0. The van der Waals surface area contributed by atoms with Crippen LogP contribution in [0.5, 0.6) is 11.5 Å². The van der Waals surface area contributed by atoms with Crippen LogP contribution in [-0.2, 0) is 15.5 Å². The van der Waals surface area contributed by atoms with Crippen molar-refractivity contribution in [2.45, 2.75) is 42.9 Å². The molecule has 0 unspecified atom stereocenters. The fraction of sp³-hybridized carbons (Fsp3) is 0.320. The zero-order chi connectivity index (χ0) is 28.1. The lowest BCUT2D eigenvalue weighted by Gasteiger charge is -2.28. The fourth-order valence-corrected chi connectivity index (χ4v) is 4.64. The second kappa shape index (κ2) is 9.61. The SMILES string of the molecule is O=C(NC[C@H]1O[C@@H](n2cc(C(F)(F)C(F)(F)F)c(=O)[nH]c2=O)C[C@@H]1O)C1c2ccccc2Oc2ccccc21. The summed E-state index contributed by atoms with van der Waals surface area (Å²) in [6, 6.07) is 13.8. The number of aliphatic hydroxyl groups is 1. The Morgan fingerprint density at radius 1 is 1.03 bits per heavy atom. The first-order chi connectivity index (χ1) is 18.4. The van der Waals surface area contributed by atoms with Crippen LogP contribution in [0.25, 0.3) is 0 Å². The molecule has 14 heteroatoms. The minimum atomic E-state index is -6.09. The number of nitrogens with zero attached hydrogens (tertiary/aromatic N) is 1. The number of halogens is 5. The van der Waals surface area contributed by atoms with E-state index in [1.165, 1.54) is 4.98 Å². The summed E-state index contributed by atoms with van der Waals surface area (Å²) in [4.78, 5) is 38.7. The minimum absolute atomic E-state index is 0.0723. The highest BCUT2D eigenvalue weighted by molar-refractivity contribution is 5.89. The molecule has 2 aromatic carbocycles. The maximum absolute atomic E-state index is 13.9. The number of H-pyrrole nitrogens is 1. The number of carbonyl (C=O) groups excluding carboxylic acids is 1. The van der Waals surface area contributed by atoms with Crippen LogP contribution in [0.15, 0.2) is 64.3 Å². The van der Waals surface area contributed by atoms with Gasteiger partial charge in [-0.2, -0.15) is 22.0 Å².